The largest absolute Gasteiger partial charge is 0.496 e. The van der Waals surface area contributed by atoms with E-state index in [-0.39, 0.29) is 22.6 Å². The first-order chi connectivity index (χ1) is 11.8. The standard InChI is InChI=1S/C15H11ClIN3O5/c1-25-13-5-2-8(16)6-11(13)15(22)19-18-14(21)10-7-9(20(23)24)3-4-12(10)17/h2-7H,1H3,(H,18,21)(H,19,22). The summed E-state index contributed by atoms with van der Waals surface area (Å²) in [7, 11) is 1.39. The lowest BCUT2D eigenvalue weighted by molar-refractivity contribution is -0.384. The number of nitrogens with zero attached hydrogens (tertiary/aromatic N) is 1. The minimum absolute atomic E-state index is 0.0631. The molecule has 2 N–H and O–H groups in total. The monoisotopic (exact) mass is 475 g/mol. The smallest absolute Gasteiger partial charge is 0.273 e. The quantitative estimate of drug-likeness (QED) is 0.401. The van der Waals surface area contributed by atoms with E-state index < -0.39 is 16.7 Å². The van der Waals surface area contributed by atoms with Gasteiger partial charge in [-0.3, -0.25) is 30.6 Å². The summed E-state index contributed by atoms with van der Waals surface area (Å²) < 4.78 is 5.56. The molecule has 0 heterocycles. The van der Waals surface area contributed by atoms with Gasteiger partial charge in [0.1, 0.15) is 5.75 Å². The first-order valence-corrected chi connectivity index (χ1v) is 8.17. The molecule has 0 radical (unpaired) electrons. The summed E-state index contributed by atoms with van der Waals surface area (Å²) in [6.45, 7) is 0. The van der Waals surface area contributed by atoms with Crippen molar-refractivity contribution in [2.75, 3.05) is 7.11 Å². The van der Waals surface area contributed by atoms with Crippen LogP contribution >= 0.6 is 34.2 Å². The lowest BCUT2D eigenvalue weighted by Gasteiger charge is -2.11. The minimum Gasteiger partial charge on any atom is -0.496 e. The van der Waals surface area contributed by atoms with Gasteiger partial charge >= 0.3 is 0 Å². The third-order valence-electron chi connectivity index (χ3n) is 3.10. The minimum atomic E-state index is -0.692. The molecule has 0 spiro atoms. The van der Waals surface area contributed by atoms with Crippen LogP contribution in [0, 0.1) is 13.7 Å². The van der Waals surface area contributed by atoms with E-state index in [1.165, 1.54) is 31.4 Å². The number of hydrazine groups is 1. The molecule has 2 amide bonds. The highest BCUT2D eigenvalue weighted by molar-refractivity contribution is 14.1. The maximum Gasteiger partial charge on any atom is 0.273 e. The Hall–Kier alpha value is -2.40. The summed E-state index contributed by atoms with van der Waals surface area (Å²) in [5, 5.41) is 11.1. The van der Waals surface area contributed by atoms with Gasteiger partial charge in [0.25, 0.3) is 17.5 Å². The van der Waals surface area contributed by atoms with E-state index in [9.17, 15) is 19.7 Å². The third kappa shape index (κ3) is 4.57. The van der Waals surface area contributed by atoms with Gasteiger partial charge in [0.2, 0.25) is 0 Å². The Bertz CT molecular complexity index is 859. The molecule has 2 aromatic carbocycles. The summed E-state index contributed by atoms with van der Waals surface area (Å²) in [4.78, 5) is 34.6. The van der Waals surface area contributed by atoms with Crippen molar-refractivity contribution in [2.24, 2.45) is 0 Å². The number of nitro benzene ring substituents is 1. The molecule has 2 rings (SSSR count). The van der Waals surface area contributed by atoms with Crippen LogP contribution in [-0.2, 0) is 0 Å². The number of carbonyl (C=O) groups excluding carboxylic acids is 2. The molecule has 0 saturated carbocycles. The highest BCUT2D eigenvalue weighted by atomic mass is 127. The van der Waals surface area contributed by atoms with Crippen molar-refractivity contribution in [3.63, 3.8) is 0 Å². The molecule has 25 heavy (non-hydrogen) atoms. The Labute approximate surface area is 160 Å². The molecule has 0 atom stereocenters. The number of nitro groups is 1. The van der Waals surface area contributed by atoms with E-state index in [0.717, 1.165) is 6.07 Å². The third-order valence-corrected chi connectivity index (χ3v) is 4.28. The predicted octanol–water partition coefficient (Wildman–Crippen LogP) is 2.94. The van der Waals surface area contributed by atoms with Crippen molar-refractivity contribution in [2.45, 2.75) is 0 Å². The van der Waals surface area contributed by atoms with Crippen molar-refractivity contribution < 1.29 is 19.2 Å². The summed E-state index contributed by atoms with van der Waals surface area (Å²) in [5.74, 6) is -1.06. The van der Waals surface area contributed by atoms with Crippen LogP contribution in [0.3, 0.4) is 0 Å². The summed E-state index contributed by atoms with van der Waals surface area (Å²) >= 11 is 7.72. The average molecular weight is 476 g/mol. The molecule has 8 nitrogen and oxygen atoms in total. The highest BCUT2D eigenvalue weighted by Crippen LogP contribution is 2.22. The number of methoxy groups -OCH3 is 1. The first kappa shape index (κ1) is 18.9. The Morgan fingerprint density at radius 3 is 2.36 bits per heavy atom. The maximum absolute atomic E-state index is 12.2. The number of hydrogen-bond donors (Lipinski definition) is 2. The van der Waals surface area contributed by atoms with Gasteiger partial charge in [-0.05, 0) is 46.9 Å². The molecule has 0 unspecified atom stereocenters. The Kier molecular flexibility index (Phi) is 6.15. The van der Waals surface area contributed by atoms with Crippen LogP contribution in [0.5, 0.6) is 5.75 Å². The number of non-ortho nitro benzene ring substituents is 1. The fourth-order valence-corrected chi connectivity index (χ4v) is 2.66. The molecular formula is C15H11ClIN3O5. The molecule has 0 saturated heterocycles. The molecule has 0 aliphatic rings. The SMILES string of the molecule is COc1ccc(Cl)cc1C(=O)NNC(=O)c1cc([N+](=O)[O-])ccc1I. The zero-order valence-corrected chi connectivity index (χ0v) is 15.6. The number of hydrogen-bond acceptors (Lipinski definition) is 5. The Morgan fingerprint density at radius 2 is 1.76 bits per heavy atom. The average Bonchev–Trinajstić information content (AvgIpc) is 2.59. The number of halogens is 2. The number of rotatable bonds is 4. The summed E-state index contributed by atoms with van der Waals surface area (Å²) in [6.07, 6.45) is 0. The number of nitrogens with one attached hydrogen (secondary N) is 2. The van der Waals surface area contributed by atoms with Crippen molar-refractivity contribution in [1.29, 1.82) is 0 Å². The van der Waals surface area contributed by atoms with Crippen LogP contribution in [0.25, 0.3) is 0 Å². The number of ether oxygens (including phenoxy) is 1. The van der Waals surface area contributed by atoms with E-state index in [4.69, 9.17) is 16.3 Å². The van der Waals surface area contributed by atoms with Crippen LogP contribution in [0.1, 0.15) is 20.7 Å². The molecular weight excluding hydrogens is 465 g/mol. The fraction of sp³-hybridized carbons (Fsp3) is 0.0667. The maximum atomic E-state index is 12.2. The predicted molar refractivity (Wildman–Crippen MR) is 98.7 cm³/mol. The van der Waals surface area contributed by atoms with Crippen molar-refractivity contribution in [3.8, 4) is 5.75 Å². The topological polar surface area (TPSA) is 111 Å². The molecule has 10 heteroatoms. The molecule has 0 aromatic heterocycles. The van der Waals surface area contributed by atoms with Crippen molar-refractivity contribution in [1.82, 2.24) is 10.9 Å². The van der Waals surface area contributed by atoms with Gasteiger partial charge in [0, 0.05) is 20.7 Å². The second-order valence-electron chi connectivity index (χ2n) is 4.67. The summed E-state index contributed by atoms with van der Waals surface area (Å²) in [5.41, 5.74) is 4.40. The van der Waals surface area contributed by atoms with Gasteiger partial charge in [-0.1, -0.05) is 11.6 Å². The van der Waals surface area contributed by atoms with Gasteiger partial charge in [-0.2, -0.15) is 0 Å². The van der Waals surface area contributed by atoms with Crippen LogP contribution in [0.4, 0.5) is 5.69 Å². The second-order valence-corrected chi connectivity index (χ2v) is 6.27. The number of benzene rings is 2. The number of amides is 2. The Balaban J connectivity index is 2.15. The molecule has 0 aliphatic carbocycles. The highest BCUT2D eigenvalue weighted by Gasteiger charge is 2.18. The van der Waals surface area contributed by atoms with E-state index >= 15 is 0 Å². The fourth-order valence-electron chi connectivity index (χ4n) is 1.91. The molecule has 0 bridgehead atoms. The van der Waals surface area contributed by atoms with Crippen molar-refractivity contribution >= 4 is 51.7 Å². The van der Waals surface area contributed by atoms with Crippen molar-refractivity contribution in [3.05, 3.63) is 66.2 Å². The van der Waals surface area contributed by atoms with Gasteiger partial charge in [0.15, 0.2) is 0 Å². The molecule has 0 fully saturated rings. The molecule has 130 valence electrons. The van der Waals surface area contributed by atoms with E-state index in [2.05, 4.69) is 10.9 Å². The van der Waals surface area contributed by atoms with Crippen LogP contribution < -0.4 is 15.6 Å². The lowest BCUT2D eigenvalue weighted by Crippen LogP contribution is -2.42. The van der Waals surface area contributed by atoms with Crippen LogP contribution in [0.2, 0.25) is 5.02 Å². The molecule has 0 aliphatic heterocycles. The van der Waals surface area contributed by atoms with Gasteiger partial charge in [-0.25, -0.2) is 0 Å². The van der Waals surface area contributed by atoms with Gasteiger partial charge in [-0.15, -0.1) is 0 Å². The van der Waals surface area contributed by atoms with E-state index in [1.807, 2.05) is 22.6 Å². The van der Waals surface area contributed by atoms with Crippen LogP contribution in [0.15, 0.2) is 36.4 Å². The van der Waals surface area contributed by atoms with E-state index in [0.29, 0.717) is 8.59 Å². The first-order valence-electron chi connectivity index (χ1n) is 6.71. The zero-order chi connectivity index (χ0) is 18.6. The van der Waals surface area contributed by atoms with E-state index in [1.54, 1.807) is 6.07 Å². The lowest BCUT2D eigenvalue weighted by atomic mass is 10.2. The van der Waals surface area contributed by atoms with Gasteiger partial charge in [0.05, 0.1) is 23.2 Å². The number of carbonyl (C=O) groups is 2. The summed E-state index contributed by atoms with van der Waals surface area (Å²) in [6, 6.07) is 8.31. The normalized spacial score (nSPS) is 10.0. The Morgan fingerprint density at radius 1 is 1.12 bits per heavy atom. The zero-order valence-electron chi connectivity index (χ0n) is 12.7. The second kappa shape index (κ2) is 8.12. The molecule has 2 aromatic rings. The van der Waals surface area contributed by atoms with Gasteiger partial charge < -0.3 is 4.74 Å². The van der Waals surface area contributed by atoms with Crippen LogP contribution in [-0.4, -0.2) is 23.8 Å².